The zero-order valence-electron chi connectivity index (χ0n) is 13.1. The number of nitrogens with one attached hydrogen (secondary N) is 1. The Morgan fingerprint density at radius 2 is 2.30 bits per heavy atom. The van der Waals surface area contributed by atoms with Gasteiger partial charge < -0.3 is 10.1 Å². The molecule has 0 saturated heterocycles. The number of aryl methyl sites for hydroxylation is 2. The third-order valence-corrected chi connectivity index (χ3v) is 3.79. The van der Waals surface area contributed by atoms with Gasteiger partial charge in [-0.3, -0.25) is 9.48 Å². The van der Waals surface area contributed by atoms with E-state index in [1.54, 1.807) is 16.9 Å². The molecule has 1 heterocycles. The molecule has 1 amide bonds. The Morgan fingerprint density at radius 1 is 1.48 bits per heavy atom. The highest BCUT2D eigenvalue weighted by Gasteiger charge is 2.22. The number of rotatable bonds is 7. The number of anilines is 1. The Kier molecular flexibility index (Phi) is 4.60. The SMILES string of the molecule is Cn1cc(CCC(=O)Nc2ccc(F)cc2OCC2CC2)cn1. The number of ether oxygens (including phenoxy) is 1. The van der Waals surface area contributed by atoms with Crippen LogP contribution in [0, 0.1) is 11.7 Å². The van der Waals surface area contributed by atoms with Crippen molar-refractivity contribution in [2.24, 2.45) is 13.0 Å². The summed E-state index contributed by atoms with van der Waals surface area (Å²) < 4.78 is 20.7. The van der Waals surface area contributed by atoms with Crippen LogP contribution in [0.1, 0.15) is 24.8 Å². The van der Waals surface area contributed by atoms with Crippen LogP contribution in [0.5, 0.6) is 5.75 Å². The van der Waals surface area contributed by atoms with E-state index in [0.717, 1.165) is 18.4 Å². The smallest absolute Gasteiger partial charge is 0.224 e. The summed E-state index contributed by atoms with van der Waals surface area (Å²) >= 11 is 0. The highest BCUT2D eigenvalue weighted by atomic mass is 19.1. The lowest BCUT2D eigenvalue weighted by Crippen LogP contribution is -2.14. The van der Waals surface area contributed by atoms with Crippen molar-refractivity contribution in [1.29, 1.82) is 0 Å². The summed E-state index contributed by atoms with van der Waals surface area (Å²) in [5.74, 6) is 0.458. The molecule has 1 aliphatic rings. The summed E-state index contributed by atoms with van der Waals surface area (Å²) in [4.78, 5) is 12.1. The Morgan fingerprint density at radius 3 is 3.00 bits per heavy atom. The molecule has 122 valence electrons. The molecular formula is C17H20FN3O2. The molecule has 1 N–H and O–H groups in total. The summed E-state index contributed by atoms with van der Waals surface area (Å²) in [5.41, 5.74) is 1.52. The summed E-state index contributed by atoms with van der Waals surface area (Å²) in [6.45, 7) is 0.571. The summed E-state index contributed by atoms with van der Waals surface area (Å²) in [5, 5.41) is 6.87. The van der Waals surface area contributed by atoms with Crippen molar-refractivity contribution in [2.45, 2.75) is 25.7 Å². The minimum Gasteiger partial charge on any atom is -0.491 e. The van der Waals surface area contributed by atoms with Crippen molar-refractivity contribution >= 4 is 11.6 Å². The van der Waals surface area contributed by atoms with Gasteiger partial charge in [-0.25, -0.2) is 4.39 Å². The van der Waals surface area contributed by atoms with Gasteiger partial charge in [0.15, 0.2) is 0 Å². The number of hydrogen-bond donors (Lipinski definition) is 1. The first-order valence-electron chi connectivity index (χ1n) is 7.80. The first-order chi connectivity index (χ1) is 11.1. The average molecular weight is 317 g/mol. The van der Waals surface area contributed by atoms with Crippen molar-refractivity contribution in [2.75, 3.05) is 11.9 Å². The minimum atomic E-state index is -0.371. The normalized spacial score (nSPS) is 13.8. The Labute approximate surface area is 134 Å². The Bertz CT molecular complexity index is 695. The highest BCUT2D eigenvalue weighted by molar-refractivity contribution is 5.92. The van der Waals surface area contributed by atoms with E-state index in [2.05, 4.69) is 10.4 Å². The molecule has 3 rings (SSSR count). The van der Waals surface area contributed by atoms with E-state index in [4.69, 9.17) is 4.74 Å². The molecule has 1 saturated carbocycles. The summed E-state index contributed by atoms with van der Waals surface area (Å²) in [7, 11) is 1.84. The Hall–Kier alpha value is -2.37. The second-order valence-electron chi connectivity index (χ2n) is 5.97. The standard InChI is InChI=1S/C17H20FN3O2/c1-21-10-13(9-19-21)4-7-17(22)20-15-6-5-14(18)8-16(15)23-11-12-2-3-12/h5-6,8-10,12H,2-4,7,11H2,1H3,(H,20,22). The van der Waals surface area contributed by atoms with Crippen molar-refractivity contribution in [3.8, 4) is 5.75 Å². The Balaban J connectivity index is 1.57. The van der Waals surface area contributed by atoms with Gasteiger partial charge in [-0.2, -0.15) is 5.10 Å². The third-order valence-electron chi connectivity index (χ3n) is 3.79. The lowest BCUT2D eigenvalue weighted by molar-refractivity contribution is -0.116. The fraction of sp³-hybridized carbons (Fsp3) is 0.412. The zero-order valence-corrected chi connectivity index (χ0v) is 13.1. The largest absolute Gasteiger partial charge is 0.491 e. The van der Waals surface area contributed by atoms with Crippen LogP contribution in [0.25, 0.3) is 0 Å². The van der Waals surface area contributed by atoms with Crippen LogP contribution in [0.15, 0.2) is 30.6 Å². The fourth-order valence-electron chi connectivity index (χ4n) is 2.28. The average Bonchev–Trinajstić information content (AvgIpc) is 3.26. The number of hydrogen-bond acceptors (Lipinski definition) is 3. The number of carbonyl (C=O) groups excluding carboxylic acids is 1. The predicted molar refractivity (Wildman–Crippen MR) is 84.8 cm³/mol. The quantitative estimate of drug-likeness (QED) is 0.854. The molecule has 0 aliphatic heterocycles. The molecular weight excluding hydrogens is 297 g/mol. The molecule has 5 nitrogen and oxygen atoms in total. The monoisotopic (exact) mass is 317 g/mol. The molecule has 1 aromatic carbocycles. The maximum atomic E-state index is 13.4. The molecule has 1 aliphatic carbocycles. The molecule has 0 radical (unpaired) electrons. The molecule has 1 aromatic heterocycles. The van der Waals surface area contributed by atoms with Crippen LogP contribution in [-0.4, -0.2) is 22.3 Å². The number of benzene rings is 1. The number of carbonyl (C=O) groups is 1. The molecule has 0 unspecified atom stereocenters. The van der Waals surface area contributed by atoms with Gasteiger partial charge in [0.05, 0.1) is 18.5 Å². The molecule has 0 atom stereocenters. The lowest BCUT2D eigenvalue weighted by Gasteiger charge is -2.12. The van der Waals surface area contributed by atoms with Crippen molar-refractivity contribution in [3.63, 3.8) is 0 Å². The molecule has 1 fully saturated rings. The lowest BCUT2D eigenvalue weighted by atomic mass is 10.2. The molecule has 6 heteroatoms. The zero-order chi connectivity index (χ0) is 16.2. The molecule has 2 aromatic rings. The van der Waals surface area contributed by atoms with Crippen LogP contribution in [-0.2, 0) is 18.3 Å². The van der Waals surface area contributed by atoms with Gasteiger partial charge in [0.25, 0.3) is 0 Å². The van der Waals surface area contributed by atoms with Gasteiger partial charge in [-0.15, -0.1) is 0 Å². The molecule has 0 bridgehead atoms. The molecule has 23 heavy (non-hydrogen) atoms. The van der Waals surface area contributed by atoms with E-state index >= 15 is 0 Å². The van der Waals surface area contributed by atoms with Crippen molar-refractivity contribution in [1.82, 2.24) is 9.78 Å². The van der Waals surface area contributed by atoms with Gasteiger partial charge in [-0.05, 0) is 42.9 Å². The maximum Gasteiger partial charge on any atom is 0.224 e. The first kappa shape index (κ1) is 15.5. The van der Waals surface area contributed by atoms with Gasteiger partial charge in [0.2, 0.25) is 5.91 Å². The van der Waals surface area contributed by atoms with Gasteiger partial charge in [0.1, 0.15) is 11.6 Å². The van der Waals surface area contributed by atoms with Crippen LogP contribution in [0.4, 0.5) is 10.1 Å². The second-order valence-corrected chi connectivity index (χ2v) is 5.97. The van der Waals surface area contributed by atoms with E-state index < -0.39 is 0 Å². The number of amides is 1. The van der Waals surface area contributed by atoms with Crippen molar-refractivity contribution < 1.29 is 13.9 Å². The van der Waals surface area contributed by atoms with Crippen LogP contribution in [0.2, 0.25) is 0 Å². The van der Waals surface area contributed by atoms with Gasteiger partial charge >= 0.3 is 0 Å². The maximum absolute atomic E-state index is 13.4. The molecule has 0 spiro atoms. The van der Waals surface area contributed by atoms with E-state index in [0.29, 0.717) is 36.8 Å². The van der Waals surface area contributed by atoms with E-state index in [1.165, 1.54) is 12.1 Å². The van der Waals surface area contributed by atoms with Gasteiger partial charge in [0, 0.05) is 25.7 Å². The number of halogens is 1. The van der Waals surface area contributed by atoms with Crippen LogP contribution in [0.3, 0.4) is 0 Å². The van der Waals surface area contributed by atoms with Crippen LogP contribution >= 0.6 is 0 Å². The second kappa shape index (κ2) is 6.81. The predicted octanol–water partition coefficient (Wildman–Crippen LogP) is 2.92. The van der Waals surface area contributed by atoms with Crippen molar-refractivity contribution in [3.05, 3.63) is 42.0 Å². The minimum absolute atomic E-state index is 0.128. The topological polar surface area (TPSA) is 56.2 Å². The number of nitrogens with zero attached hydrogens (tertiary/aromatic N) is 2. The summed E-state index contributed by atoms with van der Waals surface area (Å²) in [6, 6.07) is 4.18. The summed E-state index contributed by atoms with van der Waals surface area (Å²) in [6.07, 6.45) is 6.89. The van der Waals surface area contributed by atoms with E-state index in [9.17, 15) is 9.18 Å². The van der Waals surface area contributed by atoms with Gasteiger partial charge in [-0.1, -0.05) is 0 Å². The fourth-order valence-corrected chi connectivity index (χ4v) is 2.28. The first-order valence-corrected chi connectivity index (χ1v) is 7.80. The van der Waals surface area contributed by atoms with E-state index in [-0.39, 0.29) is 11.7 Å². The third kappa shape index (κ3) is 4.55. The van der Waals surface area contributed by atoms with E-state index in [1.807, 2.05) is 13.2 Å². The number of aromatic nitrogens is 2. The van der Waals surface area contributed by atoms with Crippen LogP contribution < -0.4 is 10.1 Å². The highest BCUT2D eigenvalue weighted by Crippen LogP contribution is 2.32.